The molecule has 1 aliphatic rings. The Morgan fingerprint density at radius 1 is 1.11 bits per heavy atom. The summed E-state index contributed by atoms with van der Waals surface area (Å²) in [6.07, 6.45) is 3.34. The number of anilines is 1. The molecule has 0 radical (unpaired) electrons. The fourth-order valence-corrected chi connectivity index (χ4v) is 7.01. The van der Waals surface area contributed by atoms with Crippen LogP contribution < -0.4 is 14.4 Å². The first-order valence-electron chi connectivity index (χ1n) is 14.3. The number of halogens is 1. The molecule has 5 aromatic rings. The number of ether oxygens (including phenoxy) is 2. The van der Waals surface area contributed by atoms with Gasteiger partial charge >= 0.3 is 5.91 Å². The number of pyridine rings is 1. The second-order valence-corrected chi connectivity index (χ2v) is 12.3. The summed E-state index contributed by atoms with van der Waals surface area (Å²) in [5.41, 5.74) is 2.58. The number of rotatable bonds is 11. The molecule has 4 heterocycles. The van der Waals surface area contributed by atoms with E-state index < -0.39 is 17.7 Å². The monoisotopic (exact) mass is 657 g/mol. The molecule has 1 saturated heterocycles. The first-order valence-corrected chi connectivity index (χ1v) is 16.1. The van der Waals surface area contributed by atoms with Crippen molar-refractivity contribution in [3.63, 3.8) is 0 Å². The van der Waals surface area contributed by atoms with Crippen LogP contribution in [0, 0.1) is 12.7 Å². The van der Waals surface area contributed by atoms with Crippen molar-refractivity contribution in [2.24, 2.45) is 0 Å². The van der Waals surface area contributed by atoms with Gasteiger partial charge < -0.3 is 14.6 Å². The van der Waals surface area contributed by atoms with Crippen molar-refractivity contribution in [3.05, 3.63) is 113 Å². The van der Waals surface area contributed by atoms with E-state index in [0.717, 1.165) is 16.9 Å². The van der Waals surface area contributed by atoms with E-state index in [4.69, 9.17) is 9.47 Å². The van der Waals surface area contributed by atoms with Gasteiger partial charge in [0.25, 0.3) is 5.78 Å². The number of thioether (sulfide) groups is 1. The van der Waals surface area contributed by atoms with Gasteiger partial charge in [0, 0.05) is 11.9 Å². The standard InChI is InChI=1S/C33H28FN5O5S2/c1-4-16-44-23-14-11-21(17-24(23)43-5-2)28-26(29(40)27-19(3)35-25-8-6-7-15-38(25)27)30(41)31(42)39(28)32-36-37-33(46-32)45-18-20-9-12-22(34)13-10-20/h4,6-15,17,28,40H,1,5,16,18H2,2-3H3. The van der Waals surface area contributed by atoms with Crippen molar-refractivity contribution in [1.82, 2.24) is 19.6 Å². The van der Waals surface area contributed by atoms with Gasteiger partial charge in [0.1, 0.15) is 23.8 Å². The van der Waals surface area contributed by atoms with Gasteiger partial charge in [-0.15, -0.1) is 10.2 Å². The smallest absolute Gasteiger partial charge is 0.301 e. The molecule has 46 heavy (non-hydrogen) atoms. The molecule has 1 aliphatic heterocycles. The number of imidazole rings is 1. The average Bonchev–Trinajstić information content (AvgIpc) is 3.73. The molecule has 0 saturated carbocycles. The van der Waals surface area contributed by atoms with E-state index >= 15 is 0 Å². The Kier molecular flexibility index (Phi) is 8.86. The van der Waals surface area contributed by atoms with E-state index in [2.05, 4.69) is 21.8 Å². The number of carbonyl (C=O) groups excluding carboxylic acids is 2. The van der Waals surface area contributed by atoms with Crippen LogP contribution in [0.2, 0.25) is 0 Å². The summed E-state index contributed by atoms with van der Waals surface area (Å²) in [6.45, 7) is 7.82. The number of fused-ring (bicyclic) bond motifs is 1. The van der Waals surface area contributed by atoms with Gasteiger partial charge in [0.2, 0.25) is 5.13 Å². The molecule has 0 spiro atoms. The fourth-order valence-electron chi connectivity index (χ4n) is 5.19. The summed E-state index contributed by atoms with van der Waals surface area (Å²) >= 11 is 2.50. The molecule has 234 valence electrons. The Morgan fingerprint density at radius 3 is 2.67 bits per heavy atom. The highest BCUT2D eigenvalue weighted by Crippen LogP contribution is 2.46. The number of aliphatic hydroxyl groups excluding tert-OH is 1. The zero-order valence-corrected chi connectivity index (χ0v) is 26.5. The number of Topliss-reactive ketones (excluding diaryl/α,β-unsaturated/α-hetero) is 1. The van der Waals surface area contributed by atoms with Gasteiger partial charge in [-0.1, -0.05) is 60.0 Å². The van der Waals surface area contributed by atoms with Gasteiger partial charge in [0.05, 0.1) is 23.9 Å². The van der Waals surface area contributed by atoms with Gasteiger partial charge in [-0.2, -0.15) is 0 Å². The Morgan fingerprint density at radius 2 is 1.91 bits per heavy atom. The van der Waals surface area contributed by atoms with Gasteiger partial charge in [-0.3, -0.25) is 18.9 Å². The molecule has 3 aromatic heterocycles. The number of benzene rings is 2. The minimum atomic E-state index is -1.08. The summed E-state index contributed by atoms with van der Waals surface area (Å²) in [4.78, 5) is 33.4. The van der Waals surface area contributed by atoms with Crippen LogP contribution in [0.25, 0.3) is 11.4 Å². The summed E-state index contributed by atoms with van der Waals surface area (Å²) < 4.78 is 27.2. The largest absolute Gasteiger partial charge is 0.505 e. The van der Waals surface area contributed by atoms with E-state index in [0.29, 0.717) is 50.8 Å². The van der Waals surface area contributed by atoms with E-state index in [1.807, 2.05) is 13.0 Å². The number of aromatic nitrogens is 4. The molecule has 10 nitrogen and oxygen atoms in total. The van der Waals surface area contributed by atoms with Crippen LogP contribution in [0.15, 0.2) is 89.4 Å². The second kappa shape index (κ2) is 13.2. The highest BCUT2D eigenvalue weighted by atomic mass is 32.2. The molecule has 13 heteroatoms. The topological polar surface area (TPSA) is 119 Å². The first kappa shape index (κ1) is 31.0. The second-order valence-electron chi connectivity index (χ2n) is 10.1. The van der Waals surface area contributed by atoms with Crippen molar-refractivity contribution in [3.8, 4) is 11.5 Å². The third kappa shape index (κ3) is 5.86. The van der Waals surface area contributed by atoms with Crippen molar-refractivity contribution in [2.75, 3.05) is 18.1 Å². The molecular formula is C33H28FN5O5S2. The highest BCUT2D eigenvalue weighted by Gasteiger charge is 2.49. The Bertz CT molecular complexity index is 1990. The number of aryl methyl sites for hydroxylation is 1. The van der Waals surface area contributed by atoms with Crippen LogP contribution in [0.4, 0.5) is 9.52 Å². The van der Waals surface area contributed by atoms with Crippen LogP contribution >= 0.6 is 23.1 Å². The summed E-state index contributed by atoms with van der Waals surface area (Å²) in [6, 6.07) is 15.5. The lowest BCUT2D eigenvalue weighted by Gasteiger charge is -2.23. The highest BCUT2D eigenvalue weighted by molar-refractivity contribution is 8.00. The maximum atomic E-state index is 13.8. The molecule has 0 aliphatic carbocycles. The minimum absolute atomic E-state index is 0.128. The van der Waals surface area contributed by atoms with Crippen LogP contribution in [-0.2, 0) is 15.3 Å². The van der Waals surface area contributed by atoms with Crippen molar-refractivity contribution in [2.45, 2.75) is 30.0 Å². The molecular weight excluding hydrogens is 630 g/mol. The lowest BCUT2D eigenvalue weighted by molar-refractivity contribution is -0.132. The number of hydrogen-bond donors (Lipinski definition) is 1. The maximum Gasteiger partial charge on any atom is 0.301 e. The van der Waals surface area contributed by atoms with Crippen LogP contribution in [-0.4, -0.2) is 49.6 Å². The maximum absolute atomic E-state index is 13.8. The Labute approximate surface area is 271 Å². The van der Waals surface area contributed by atoms with E-state index in [1.54, 1.807) is 66.1 Å². The van der Waals surface area contributed by atoms with Gasteiger partial charge in [-0.05, 0) is 61.4 Å². The number of nitrogens with zero attached hydrogens (tertiary/aromatic N) is 5. The molecule has 0 bridgehead atoms. The predicted molar refractivity (Wildman–Crippen MR) is 174 cm³/mol. The van der Waals surface area contributed by atoms with Gasteiger partial charge in [-0.25, -0.2) is 9.37 Å². The van der Waals surface area contributed by atoms with E-state index in [9.17, 15) is 19.1 Å². The van der Waals surface area contributed by atoms with E-state index in [1.165, 1.54) is 28.8 Å². The molecule has 1 atom stereocenters. The quantitative estimate of drug-likeness (QED) is 0.0423. The zero-order valence-electron chi connectivity index (χ0n) is 24.8. The van der Waals surface area contributed by atoms with E-state index in [-0.39, 0.29) is 28.9 Å². The van der Waals surface area contributed by atoms with Crippen LogP contribution in [0.5, 0.6) is 11.5 Å². The predicted octanol–water partition coefficient (Wildman–Crippen LogP) is 6.52. The van der Waals surface area contributed by atoms with Crippen molar-refractivity contribution in [1.29, 1.82) is 0 Å². The number of carbonyl (C=O) groups is 2. The van der Waals surface area contributed by atoms with Gasteiger partial charge in [0.15, 0.2) is 21.6 Å². The summed E-state index contributed by atoms with van der Waals surface area (Å²) in [5.74, 6) is -1.10. The number of amides is 1. The average molecular weight is 658 g/mol. The van der Waals surface area contributed by atoms with Crippen molar-refractivity contribution >= 4 is 51.3 Å². The lowest BCUT2D eigenvalue weighted by Crippen LogP contribution is -2.29. The molecule has 6 rings (SSSR count). The third-order valence-electron chi connectivity index (χ3n) is 7.19. The Hall–Kier alpha value is -5.01. The lowest BCUT2D eigenvalue weighted by atomic mass is 9.96. The molecule has 1 amide bonds. The summed E-state index contributed by atoms with van der Waals surface area (Å²) in [7, 11) is 0. The number of aliphatic hydroxyl groups is 1. The molecule has 1 N–H and O–H groups in total. The summed E-state index contributed by atoms with van der Waals surface area (Å²) in [5, 5.41) is 20.5. The normalized spacial score (nSPS) is 15.9. The fraction of sp³-hybridized carbons (Fsp3) is 0.182. The minimum Gasteiger partial charge on any atom is -0.505 e. The van der Waals surface area contributed by atoms with Crippen LogP contribution in [0.1, 0.15) is 35.5 Å². The molecule has 1 fully saturated rings. The number of hydrogen-bond acceptors (Lipinski definition) is 10. The first-order chi connectivity index (χ1) is 22.3. The Balaban J connectivity index is 1.46. The molecule has 1 unspecified atom stereocenters. The van der Waals surface area contributed by atoms with Crippen LogP contribution in [0.3, 0.4) is 0 Å². The third-order valence-corrected chi connectivity index (χ3v) is 9.32. The van der Waals surface area contributed by atoms with Crippen molar-refractivity contribution < 1.29 is 28.6 Å². The number of ketones is 1. The molecule has 2 aromatic carbocycles. The zero-order chi connectivity index (χ0) is 32.4. The SMILES string of the molecule is C=CCOc1ccc(C2C(=C(O)c3c(C)nc4ccccn34)C(=O)C(=O)N2c2nnc(SCc3ccc(F)cc3)s2)cc1OCC.